The van der Waals surface area contributed by atoms with Gasteiger partial charge in [0.15, 0.2) is 0 Å². The number of nitrogens with zero attached hydrogens (tertiary/aromatic N) is 1. The van der Waals surface area contributed by atoms with Crippen molar-refractivity contribution in [2.75, 3.05) is 6.54 Å². The van der Waals surface area contributed by atoms with Crippen molar-refractivity contribution in [3.63, 3.8) is 0 Å². The summed E-state index contributed by atoms with van der Waals surface area (Å²) in [4.78, 5) is 28.1. The third kappa shape index (κ3) is 2.22. The number of thiophene rings is 1. The molecule has 0 aliphatic rings. The van der Waals surface area contributed by atoms with Crippen LogP contribution in [0.4, 0.5) is 0 Å². The Morgan fingerprint density at radius 2 is 2.00 bits per heavy atom. The third-order valence-corrected chi connectivity index (χ3v) is 4.43. The summed E-state index contributed by atoms with van der Waals surface area (Å²) in [5.74, 6) is 0. The molecule has 3 rings (SSSR count). The number of hydrogen-bond acceptors (Lipinski definition) is 4. The quantitative estimate of drug-likeness (QED) is 0.775. The summed E-state index contributed by atoms with van der Waals surface area (Å²) in [7, 11) is 0. The Labute approximate surface area is 124 Å². The Morgan fingerprint density at radius 1 is 1.29 bits per heavy atom. The van der Waals surface area contributed by atoms with Gasteiger partial charge >= 0.3 is 5.69 Å². The maximum atomic E-state index is 12.7. The molecule has 108 valence electrons. The largest absolute Gasteiger partial charge is 0.329 e. The van der Waals surface area contributed by atoms with Gasteiger partial charge < -0.3 is 5.73 Å². The molecular formula is C15H15N3O2S. The highest BCUT2D eigenvalue weighted by molar-refractivity contribution is 7.17. The Bertz CT molecular complexity index is 893. The molecule has 0 amide bonds. The van der Waals surface area contributed by atoms with Crippen molar-refractivity contribution < 1.29 is 0 Å². The van der Waals surface area contributed by atoms with Crippen molar-refractivity contribution in [1.82, 2.24) is 9.55 Å². The normalized spacial score (nSPS) is 12.7. The molecule has 0 fully saturated rings. The second kappa shape index (κ2) is 5.31. The van der Waals surface area contributed by atoms with Gasteiger partial charge in [0, 0.05) is 17.5 Å². The fraction of sp³-hybridized carbons (Fsp3) is 0.200. The topological polar surface area (TPSA) is 80.9 Å². The fourth-order valence-electron chi connectivity index (χ4n) is 2.37. The molecule has 3 N–H and O–H groups in total. The van der Waals surface area contributed by atoms with E-state index in [9.17, 15) is 9.59 Å². The van der Waals surface area contributed by atoms with Crippen molar-refractivity contribution in [2.45, 2.75) is 13.0 Å². The van der Waals surface area contributed by atoms with Crippen molar-refractivity contribution in [3.05, 3.63) is 56.5 Å². The van der Waals surface area contributed by atoms with Crippen LogP contribution in [0.25, 0.3) is 21.3 Å². The summed E-state index contributed by atoms with van der Waals surface area (Å²) in [6, 6.07) is 9.33. The smallest absolute Gasteiger partial charge is 0.328 e. The first kappa shape index (κ1) is 13.8. The summed E-state index contributed by atoms with van der Waals surface area (Å²) in [6.45, 7) is 2.00. The highest BCUT2D eigenvalue weighted by Gasteiger charge is 2.17. The van der Waals surface area contributed by atoms with Crippen LogP contribution in [0.1, 0.15) is 13.0 Å². The van der Waals surface area contributed by atoms with Crippen molar-refractivity contribution in [2.24, 2.45) is 5.73 Å². The number of benzene rings is 1. The predicted octanol–water partition coefficient (Wildman–Crippen LogP) is 1.94. The summed E-state index contributed by atoms with van der Waals surface area (Å²) in [5.41, 5.74) is 6.71. The number of aromatic nitrogens is 2. The van der Waals surface area contributed by atoms with E-state index < -0.39 is 5.69 Å². The average molecular weight is 301 g/mol. The van der Waals surface area contributed by atoms with E-state index in [2.05, 4.69) is 4.98 Å². The molecule has 1 atom stereocenters. The summed E-state index contributed by atoms with van der Waals surface area (Å²) < 4.78 is 1.20. The van der Waals surface area contributed by atoms with Crippen LogP contribution in [0.2, 0.25) is 0 Å². The lowest BCUT2D eigenvalue weighted by molar-refractivity contribution is 0.519. The van der Waals surface area contributed by atoms with Gasteiger partial charge in [0.25, 0.3) is 5.56 Å². The second-order valence-corrected chi connectivity index (χ2v) is 5.79. The Balaban J connectivity index is 2.36. The van der Waals surface area contributed by atoms with Crippen LogP contribution in [0.5, 0.6) is 0 Å². The number of nitrogens with one attached hydrogen (secondary N) is 1. The molecule has 1 unspecified atom stereocenters. The fourth-order valence-corrected chi connectivity index (χ4v) is 3.32. The number of nitrogens with two attached hydrogens (primary N) is 1. The summed E-state index contributed by atoms with van der Waals surface area (Å²) in [6.07, 6.45) is 0. The molecule has 0 aliphatic carbocycles. The molecule has 0 spiro atoms. The molecule has 1 aromatic carbocycles. The predicted molar refractivity (Wildman–Crippen MR) is 85.9 cm³/mol. The second-order valence-electron chi connectivity index (χ2n) is 4.91. The van der Waals surface area contributed by atoms with Gasteiger partial charge in [0.1, 0.15) is 4.83 Å². The highest BCUT2D eigenvalue weighted by Crippen LogP contribution is 2.30. The van der Waals surface area contributed by atoms with Crippen molar-refractivity contribution in [1.29, 1.82) is 0 Å². The van der Waals surface area contributed by atoms with Crippen LogP contribution in [-0.2, 0) is 0 Å². The van der Waals surface area contributed by atoms with Crippen LogP contribution < -0.4 is 17.0 Å². The number of H-pyrrole nitrogens is 1. The van der Waals surface area contributed by atoms with E-state index in [0.29, 0.717) is 10.2 Å². The molecule has 6 heteroatoms. The molecule has 0 saturated heterocycles. The minimum atomic E-state index is -0.410. The molecule has 3 aromatic rings. The van der Waals surface area contributed by atoms with Crippen LogP contribution in [0, 0.1) is 0 Å². The lowest BCUT2D eigenvalue weighted by Gasteiger charge is -2.11. The zero-order valence-corrected chi connectivity index (χ0v) is 12.3. The Hall–Kier alpha value is -2.18. The van der Waals surface area contributed by atoms with Gasteiger partial charge in [-0.3, -0.25) is 14.3 Å². The maximum absolute atomic E-state index is 12.7. The van der Waals surface area contributed by atoms with Gasteiger partial charge in [-0.15, -0.1) is 11.3 Å². The van der Waals surface area contributed by atoms with E-state index in [0.717, 1.165) is 11.1 Å². The molecule has 5 nitrogen and oxygen atoms in total. The highest BCUT2D eigenvalue weighted by atomic mass is 32.1. The van der Waals surface area contributed by atoms with Crippen molar-refractivity contribution >= 4 is 21.6 Å². The number of rotatable bonds is 3. The van der Waals surface area contributed by atoms with Gasteiger partial charge in [0.2, 0.25) is 0 Å². The number of aromatic amines is 1. The molecule has 2 aromatic heterocycles. The molecule has 0 bridgehead atoms. The SMILES string of the molecule is CC(CN)n1c(=O)[nH]c2scc(-c3ccccc3)c2c1=O. The molecule has 21 heavy (non-hydrogen) atoms. The van der Waals surface area contributed by atoms with Crippen LogP contribution in [0.3, 0.4) is 0 Å². The first-order valence-corrected chi connectivity index (χ1v) is 7.53. The van der Waals surface area contributed by atoms with Gasteiger partial charge in [-0.1, -0.05) is 30.3 Å². The van der Waals surface area contributed by atoms with Crippen LogP contribution in [0.15, 0.2) is 45.3 Å². The van der Waals surface area contributed by atoms with Gasteiger partial charge in [-0.2, -0.15) is 0 Å². The molecular weight excluding hydrogens is 286 g/mol. The average Bonchev–Trinajstić information content (AvgIpc) is 2.91. The van der Waals surface area contributed by atoms with E-state index in [-0.39, 0.29) is 18.1 Å². The minimum absolute atomic E-state index is 0.235. The minimum Gasteiger partial charge on any atom is -0.328 e. The maximum Gasteiger partial charge on any atom is 0.329 e. The lowest BCUT2D eigenvalue weighted by Crippen LogP contribution is -2.39. The van der Waals surface area contributed by atoms with E-state index in [4.69, 9.17) is 5.73 Å². The lowest BCUT2D eigenvalue weighted by atomic mass is 10.1. The monoisotopic (exact) mass is 301 g/mol. The van der Waals surface area contributed by atoms with Crippen LogP contribution >= 0.6 is 11.3 Å². The zero-order chi connectivity index (χ0) is 15.0. The van der Waals surface area contributed by atoms with Crippen LogP contribution in [-0.4, -0.2) is 16.1 Å². The van der Waals surface area contributed by atoms with Gasteiger partial charge in [-0.05, 0) is 12.5 Å². The van der Waals surface area contributed by atoms with Gasteiger partial charge in [-0.25, -0.2) is 4.79 Å². The van der Waals surface area contributed by atoms with E-state index >= 15 is 0 Å². The standard InChI is InChI=1S/C15H15N3O2S/c1-9(7-16)18-14(19)12-11(10-5-3-2-4-6-10)8-21-13(12)17-15(18)20/h2-6,8-9H,7,16H2,1H3,(H,17,20). The zero-order valence-electron chi connectivity index (χ0n) is 11.5. The molecule has 0 radical (unpaired) electrons. The first-order valence-electron chi connectivity index (χ1n) is 6.65. The Kier molecular flexibility index (Phi) is 3.48. The first-order chi connectivity index (χ1) is 10.1. The van der Waals surface area contributed by atoms with E-state index in [1.165, 1.54) is 15.9 Å². The number of fused-ring (bicyclic) bond motifs is 1. The van der Waals surface area contributed by atoms with E-state index in [1.54, 1.807) is 6.92 Å². The Morgan fingerprint density at radius 3 is 2.67 bits per heavy atom. The van der Waals surface area contributed by atoms with Crippen molar-refractivity contribution in [3.8, 4) is 11.1 Å². The van der Waals surface area contributed by atoms with E-state index in [1.807, 2.05) is 35.7 Å². The third-order valence-electron chi connectivity index (χ3n) is 3.53. The molecule has 2 heterocycles. The summed E-state index contributed by atoms with van der Waals surface area (Å²) in [5, 5.41) is 2.44. The number of hydrogen-bond donors (Lipinski definition) is 2. The molecule has 0 aliphatic heterocycles. The summed E-state index contributed by atoms with van der Waals surface area (Å²) >= 11 is 1.36. The van der Waals surface area contributed by atoms with Gasteiger partial charge in [0.05, 0.1) is 11.4 Å². The molecule has 0 saturated carbocycles.